The van der Waals surface area contributed by atoms with Gasteiger partial charge in [0.2, 0.25) is 0 Å². The van der Waals surface area contributed by atoms with Crippen molar-refractivity contribution >= 4 is 0 Å². The standard InChI is InChI=1S/C13H28N2O2/c1-3-10-16-12-13-17-11-9-15-7-5-14(4-2)6-8-15/h3-13H2,1-2H3. The largest absolute Gasteiger partial charge is 0.379 e. The molecule has 0 amide bonds. The molecule has 4 nitrogen and oxygen atoms in total. The van der Waals surface area contributed by atoms with Gasteiger partial charge in [-0.2, -0.15) is 0 Å². The summed E-state index contributed by atoms with van der Waals surface area (Å²) in [7, 11) is 0. The van der Waals surface area contributed by atoms with Crippen LogP contribution in [0.15, 0.2) is 0 Å². The van der Waals surface area contributed by atoms with Gasteiger partial charge in [-0.25, -0.2) is 0 Å². The van der Waals surface area contributed by atoms with Crippen LogP contribution in [-0.2, 0) is 9.47 Å². The molecule has 0 saturated carbocycles. The highest BCUT2D eigenvalue weighted by atomic mass is 16.5. The molecule has 0 N–H and O–H groups in total. The fraction of sp³-hybridized carbons (Fsp3) is 1.00. The van der Waals surface area contributed by atoms with Crippen LogP contribution in [0.5, 0.6) is 0 Å². The van der Waals surface area contributed by atoms with Gasteiger partial charge in [0.15, 0.2) is 0 Å². The molecule has 17 heavy (non-hydrogen) atoms. The maximum absolute atomic E-state index is 5.56. The van der Waals surface area contributed by atoms with E-state index in [2.05, 4.69) is 23.6 Å². The Morgan fingerprint density at radius 1 is 0.765 bits per heavy atom. The van der Waals surface area contributed by atoms with Gasteiger partial charge in [0.25, 0.3) is 0 Å². The van der Waals surface area contributed by atoms with E-state index in [0.717, 1.165) is 39.4 Å². The van der Waals surface area contributed by atoms with Crippen LogP contribution < -0.4 is 0 Å². The summed E-state index contributed by atoms with van der Waals surface area (Å²) in [6.45, 7) is 14.5. The zero-order valence-corrected chi connectivity index (χ0v) is 11.5. The van der Waals surface area contributed by atoms with E-state index in [4.69, 9.17) is 9.47 Å². The second kappa shape index (κ2) is 9.83. The van der Waals surface area contributed by atoms with Crippen LogP contribution in [0, 0.1) is 0 Å². The lowest BCUT2D eigenvalue weighted by Gasteiger charge is -2.33. The predicted molar refractivity (Wildman–Crippen MR) is 70.5 cm³/mol. The Labute approximate surface area is 106 Å². The lowest BCUT2D eigenvalue weighted by atomic mass is 10.3. The SMILES string of the molecule is CCCOCCOCCN1CCN(CC)CC1. The van der Waals surface area contributed by atoms with Crippen LogP contribution >= 0.6 is 0 Å². The monoisotopic (exact) mass is 244 g/mol. The van der Waals surface area contributed by atoms with Gasteiger partial charge in [-0.05, 0) is 13.0 Å². The minimum Gasteiger partial charge on any atom is -0.379 e. The van der Waals surface area contributed by atoms with Crippen molar-refractivity contribution in [3.8, 4) is 0 Å². The molecule has 1 heterocycles. The molecule has 0 unspecified atom stereocenters. The molecule has 4 heteroatoms. The maximum Gasteiger partial charge on any atom is 0.0701 e. The molecule has 1 aliphatic rings. The first-order valence-corrected chi connectivity index (χ1v) is 6.97. The molecule has 1 aliphatic heterocycles. The van der Waals surface area contributed by atoms with Gasteiger partial charge in [-0.1, -0.05) is 13.8 Å². The number of nitrogens with zero attached hydrogens (tertiary/aromatic N) is 2. The number of piperazine rings is 1. The highest BCUT2D eigenvalue weighted by Gasteiger charge is 2.14. The van der Waals surface area contributed by atoms with Crippen molar-refractivity contribution in [3.05, 3.63) is 0 Å². The van der Waals surface area contributed by atoms with Gasteiger partial charge in [-0.15, -0.1) is 0 Å². The molecular formula is C13H28N2O2. The number of hydrogen-bond donors (Lipinski definition) is 0. The molecule has 0 bridgehead atoms. The predicted octanol–water partition coefficient (Wildman–Crippen LogP) is 1.07. The first kappa shape index (κ1) is 14.9. The molecule has 1 fully saturated rings. The average Bonchev–Trinajstić information content (AvgIpc) is 2.38. The van der Waals surface area contributed by atoms with Gasteiger partial charge in [0, 0.05) is 39.3 Å². The molecule has 1 rings (SSSR count). The van der Waals surface area contributed by atoms with Crippen molar-refractivity contribution in [2.75, 3.05) is 65.7 Å². The summed E-state index contributed by atoms with van der Waals surface area (Å²) in [4.78, 5) is 4.98. The third kappa shape index (κ3) is 6.99. The molecular weight excluding hydrogens is 216 g/mol. The fourth-order valence-electron chi connectivity index (χ4n) is 1.99. The Morgan fingerprint density at radius 2 is 1.35 bits per heavy atom. The highest BCUT2D eigenvalue weighted by molar-refractivity contribution is 4.70. The molecule has 0 aromatic carbocycles. The quantitative estimate of drug-likeness (QED) is 0.566. The summed E-state index contributed by atoms with van der Waals surface area (Å²) in [5.74, 6) is 0. The van der Waals surface area contributed by atoms with Crippen molar-refractivity contribution in [1.82, 2.24) is 9.80 Å². The molecule has 0 aromatic heterocycles. The minimum absolute atomic E-state index is 0.731. The number of likely N-dealkylation sites (N-methyl/N-ethyl adjacent to an activating group) is 1. The van der Waals surface area contributed by atoms with Crippen LogP contribution in [0.25, 0.3) is 0 Å². The second-order valence-electron chi connectivity index (χ2n) is 4.50. The van der Waals surface area contributed by atoms with Crippen molar-refractivity contribution < 1.29 is 9.47 Å². The molecule has 102 valence electrons. The zero-order valence-electron chi connectivity index (χ0n) is 11.5. The topological polar surface area (TPSA) is 24.9 Å². The lowest BCUT2D eigenvalue weighted by Crippen LogP contribution is -2.47. The van der Waals surface area contributed by atoms with E-state index in [1.165, 1.54) is 32.7 Å². The first-order chi connectivity index (χ1) is 8.36. The summed E-state index contributed by atoms with van der Waals surface area (Å²) >= 11 is 0. The van der Waals surface area contributed by atoms with E-state index in [-0.39, 0.29) is 0 Å². The molecule has 0 spiro atoms. The van der Waals surface area contributed by atoms with Crippen LogP contribution in [0.1, 0.15) is 20.3 Å². The number of rotatable bonds is 9. The Kier molecular flexibility index (Phi) is 8.61. The van der Waals surface area contributed by atoms with Gasteiger partial charge >= 0.3 is 0 Å². The Hall–Kier alpha value is -0.160. The zero-order chi connectivity index (χ0) is 12.3. The Bertz CT molecular complexity index is 171. The lowest BCUT2D eigenvalue weighted by molar-refractivity contribution is 0.0322. The summed E-state index contributed by atoms with van der Waals surface area (Å²) in [6, 6.07) is 0. The Morgan fingerprint density at radius 3 is 1.94 bits per heavy atom. The fourth-order valence-corrected chi connectivity index (χ4v) is 1.99. The van der Waals surface area contributed by atoms with Crippen molar-refractivity contribution in [1.29, 1.82) is 0 Å². The van der Waals surface area contributed by atoms with E-state index in [9.17, 15) is 0 Å². The van der Waals surface area contributed by atoms with E-state index in [0.29, 0.717) is 0 Å². The molecule has 0 atom stereocenters. The van der Waals surface area contributed by atoms with E-state index in [1.54, 1.807) is 0 Å². The summed E-state index contributed by atoms with van der Waals surface area (Å²) in [6.07, 6.45) is 1.09. The third-order valence-corrected chi connectivity index (χ3v) is 3.18. The van der Waals surface area contributed by atoms with Crippen LogP contribution in [0.3, 0.4) is 0 Å². The highest BCUT2D eigenvalue weighted by Crippen LogP contribution is 2.00. The van der Waals surface area contributed by atoms with Gasteiger partial charge in [0.1, 0.15) is 0 Å². The van der Waals surface area contributed by atoms with Crippen molar-refractivity contribution in [2.24, 2.45) is 0 Å². The number of hydrogen-bond acceptors (Lipinski definition) is 4. The van der Waals surface area contributed by atoms with Crippen LogP contribution in [-0.4, -0.2) is 75.5 Å². The van der Waals surface area contributed by atoms with Gasteiger partial charge < -0.3 is 14.4 Å². The van der Waals surface area contributed by atoms with E-state index < -0.39 is 0 Å². The number of ether oxygens (including phenoxy) is 2. The normalized spacial score (nSPS) is 18.7. The van der Waals surface area contributed by atoms with Gasteiger partial charge in [-0.3, -0.25) is 4.90 Å². The van der Waals surface area contributed by atoms with E-state index >= 15 is 0 Å². The van der Waals surface area contributed by atoms with Gasteiger partial charge in [0.05, 0.1) is 19.8 Å². The molecule has 1 saturated heterocycles. The molecule has 0 radical (unpaired) electrons. The summed E-state index contributed by atoms with van der Waals surface area (Å²) in [5, 5.41) is 0. The summed E-state index contributed by atoms with van der Waals surface area (Å²) in [5.41, 5.74) is 0. The van der Waals surface area contributed by atoms with E-state index in [1.807, 2.05) is 0 Å². The maximum atomic E-state index is 5.56. The third-order valence-electron chi connectivity index (χ3n) is 3.18. The molecule has 0 aliphatic carbocycles. The Balaban J connectivity index is 1.87. The smallest absolute Gasteiger partial charge is 0.0701 e. The first-order valence-electron chi connectivity index (χ1n) is 6.97. The van der Waals surface area contributed by atoms with Crippen LogP contribution in [0.2, 0.25) is 0 Å². The molecule has 0 aromatic rings. The average molecular weight is 244 g/mol. The minimum atomic E-state index is 0.731. The van der Waals surface area contributed by atoms with Crippen molar-refractivity contribution in [2.45, 2.75) is 20.3 Å². The summed E-state index contributed by atoms with van der Waals surface area (Å²) < 4.78 is 10.9. The van der Waals surface area contributed by atoms with Crippen LogP contribution in [0.4, 0.5) is 0 Å². The van der Waals surface area contributed by atoms with Crippen molar-refractivity contribution in [3.63, 3.8) is 0 Å². The second-order valence-corrected chi connectivity index (χ2v) is 4.50.